The second-order valence-electron chi connectivity index (χ2n) is 2.81. The van der Waals surface area contributed by atoms with Crippen LogP contribution >= 0.6 is 0 Å². The van der Waals surface area contributed by atoms with Crippen molar-refractivity contribution in [2.24, 2.45) is 0 Å². The fraction of sp³-hybridized carbons (Fsp3) is 0. The summed E-state index contributed by atoms with van der Waals surface area (Å²) < 4.78 is 4.97. The van der Waals surface area contributed by atoms with Crippen LogP contribution in [0, 0.1) is 11.3 Å². The largest absolute Gasteiger partial charge is 0.381 e. The number of rotatable bonds is 1. The monoisotopic (exact) mass is 185 g/mol. The van der Waals surface area contributed by atoms with E-state index < -0.39 is 0 Å². The van der Waals surface area contributed by atoms with Crippen LogP contribution in [0.2, 0.25) is 0 Å². The molecule has 2 rings (SSSR count). The van der Waals surface area contributed by atoms with Gasteiger partial charge in [0.1, 0.15) is 0 Å². The molecule has 68 valence electrons. The van der Waals surface area contributed by atoms with Crippen LogP contribution in [-0.2, 0) is 0 Å². The molecule has 4 nitrogen and oxygen atoms in total. The summed E-state index contributed by atoms with van der Waals surface area (Å²) in [6.07, 6.45) is 0. The fourth-order valence-corrected chi connectivity index (χ4v) is 1.13. The molecule has 0 amide bonds. The number of aromatic nitrogens is 1. The maximum Gasteiger partial charge on any atom is 0.169 e. The van der Waals surface area contributed by atoms with Gasteiger partial charge < -0.3 is 10.3 Å². The maximum absolute atomic E-state index is 8.60. The number of nitriles is 1. The summed E-state index contributed by atoms with van der Waals surface area (Å²) >= 11 is 0. The molecule has 0 saturated heterocycles. The van der Waals surface area contributed by atoms with Crippen molar-refractivity contribution >= 4 is 5.82 Å². The van der Waals surface area contributed by atoms with Crippen molar-refractivity contribution in [3.05, 3.63) is 35.9 Å². The van der Waals surface area contributed by atoms with Crippen molar-refractivity contribution in [2.45, 2.75) is 0 Å². The van der Waals surface area contributed by atoms with E-state index in [1.54, 1.807) is 30.3 Å². The summed E-state index contributed by atoms with van der Waals surface area (Å²) in [5.74, 6) is 0.955. The predicted molar refractivity (Wildman–Crippen MR) is 51.1 cm³/mol. The zero-order valence-electron chi connectivity index (χ0n) is 7.27. The van der Waals surface area contributed by atoms with Crippen LogP contribution in [0.25, 0.3) is 11.3 Å². The fourth-order valence-electron chi connectivity index (χ4n) is 1.13. The molecule has 4 heteroatoms. The Labute approximate surface area is 80.6 Å². The molecule has 0 aliphatic heterocycles. The molecule has 0 spiro atoms. The number of nitrogens with two attached hydrogens (primary N) is 1. The van der Waals surface area contributed by atoms with Crippen LogP contribution in [0.15, 0.2) is 34.9 Å². The average molecular weight is 185 g/mol. The molecule has 1 heterocycles. The van der Waals surface area contributed by atoms with E-state index >= 15 is 0 Å². The van der Waals surface area contributed by atoms with Gasteiger partial charge in [-0.25, -0.2) is 0 Å². The topological polar surface area (TPSA) is 75.8 Å². The van der Waals surface area contributed by atoms with Crippen molar-refractivity contribution in [3.8, 4) is 17.4 Å². The number of hydrogen-bond donors (Lipinski definition) is 1. The molecule has 0 atom stereocenters. The van der Waals surface area contributed by atoms with Crippen molar-refractivity contribution in [2.75, 3.05) is 5.73 Å². The van der Waals surface area contributed by atoms with E-state index in [0.29, 0.717) is 17.1 Å². The lowest BCUT2D eigenvalue weighted by Crippen LogP contribution is -1.80. The molecule has 2 N–H and O–H groups in total. The van der Waals surface area contributed by atoms with Gasteiger partial charge in [-0.3, -0.25) is 0 Å². The first kappa shape index (κ1) is 8.32. The van der Waals surface area contributed by atoms with Crippen LogP contribution in [0.4, 0.5) is 5.82 Å². The van der Waals surface area contributed by atoms with E-state index in [9.17, 15) is 0 Å². The molecule has 2 aromatic rings. The van der Waals surface area contributed by atoms with Crippen LogP contribution in [-0.4, -0.2) is 5.16 Å². The summed E-state index contributed by atoms with van der Waals surface area (Å²) in [7, 11) is 0. The highest BCUT2D eigenvalue weighted by atomic mass is 16.5. The average Bonchev–Trinajstić information content (AvgIpc) is 2.65. The highest BCUT2D eigenvalue weighted by molar-refractivity contribution is 5.60. The van der Waals surface area contributed by atoms with Gasteiger partial charge in [-0.15, -0.1) is 0 Å². The molecule has 0 aliphatic carbocycles. The molecule has 1 aromatic heterocycles. The number of hydrogen-bond acceptors (Lipinski definition) is 4. The zero-order chi connectivity index (χ0) is 9.97. The lowest BCUT2D eigenvalue weighted by molar-refractivity contribution is 0.436. The Balaban J connectivity index is 2.39. The van der Waals surface area contributed by atoms with Gasteiger partial charge in [0.05, 0.1) is 11.6 Å². The molecule has 0 radical (unpaired) electrons. The van der Waals surface area contributed by atoms with Gasteiger partial charge in [0.25, 0.3) is 0 Å². The van der Waals surface area contributed by atoms with Gasteiger partial charge in [-0.1, -0.05) is 5.16 Å². The Morgan fingerprint density at radius 2 is 2.00 bits per heavy atom. The van der Waals surface area contributed by atoms with Crippen LogP contribution in [0.5, 0.6) is 0 Å². The molecule has 1 aromatic carbocycles. The normalized spacial score (nSPS) is 9.64. The van der Waals surface area contributed by atoms with E-state index in [4.69, 9.17) is 15.5 Å². The first-order valence-electron chi connectivity index (χ1n) is 4.02. The molecule has 14 heavy (non-hydrogen) atoms. The Morgan fingerprint density at radius 1 is 1.29 bits per heavy atom. The van der Waals surface area contributed by atoms with Crippen molar-refractivity contribution in [3.63, 3.8) is 0 Å². The lowest BCUT2D eigenvalue weighted by Gasteiger charge is -1.93. The summed E-state index contributed by atoms with van der Waals surface area (Å²) in [5.41, 5.74) is 6.88. The number of anilines is 1. The molecule has 0 fully saturated rings. The first-order chi connectivity index (χ1) is 6.79. The maximum atomic E-state index is 8.60. The second-order valence-corrected chi connectivity index (χ2v) is 2.81. The summed E-state index contributed by atoms with van der Waals surface area (Å²) in [6, 6.07) is 10.7. The summed E-state index contributed by atoms with van der Waals surface area (Å²) in [6.45, 7) is 0. The van der Waals surface area contributed by atoms with Gasteiger partial charge in [-0.05, 0) is 24.3 Å². The summed E-state index contributed by atoms with van der Waals surface area (Å²) in [4.78, 5) is 0. The van der Waals surface area contributed by atoms with E-state index in [-0.39, 0.29) is 0 Å². The Hall–Kier alpha value is -2.28. The Bertz CT molecular complexity index is 479. The SMILES string of the molecule is N#Cc1ccc(-c2cc(N)no2)cc1. The van der Waals surface area contributed by atoms with Crippen LogP contribution in [0.1, 0.15) is 5.56 Å². The van der Waals surface area contributed by atoms with E-state index in [1.807, 2.05) is 6.07 Å². The zero-order valence-corrected chi connectivity index (χ0v) is 7.27. The highest BCUT2D eigenvalue weighted by Crippen LogP contribution is 2.21. The van der Waals surface area contributed by atoms with Gasteiger partial charge in [0.15, 0.2) is 11.6 Å². The predicted octanol–water partition coefficient (Wildman–Crippen LogP) is 1.80. The minimum atomic E-state index is 0.351. The number of nitrogens with zero attached hydrogens (tertiary/aromatic N) is 2. The van der Waals surface area contributed by atoms with Crippen LogP contribution in [0.3, 0.4) is 0 Å². The quantitative estimate of drug-likeness (QED) is 0.734. The lowest BCUT2D eigenvalue weighted by atomic mass is 10.1. The van der Waals surface area contributed by atoms with E-state index in [1.165, 1.54) is 0 Å². The molecule has 0 unspecified atom stereocenters. The van der Waals surface area contributed by atoms with Gasteiger partial charge in [0, 0.05) is 11.6 Å². The van der Waals surface area contributed by atoms with Crippen molar-refractivity contribution in [1.82, 2.24) is 5.16 Å². The molecule has 0 aliphatic rings. The van der Waals surface area contributed by atoms with E-state index in [2.05, 4.69) is 5.16 Å². The van der Waals surface area contributed by atoms with Gasteiger partial charge in [-0.2, -0.15) is 5.26 Å². The Morgan fingerprint density at radius 3 is 2.50 bits per heavy atom. The smallest absolute Gasteiger partial charge is 0.169 e. The minimum Gasteiger partial charge on any atom is -0.381 e. The highest BCUT2D eigenvalue weighted by Gasteiger charge is 2.03. The summed E-state index contributed by atoms with van der Waals surface area (Å²) in [5, 5.41) is 12.2. The Kier molecular flexibility index (Phi) is 1.92. The standard InChI is InChI=1S/C10H7N3O/c11-6-7-1-3-8(4-2-7)9-5-10(12)13-14-9/h1-5H,(H2,12,13). The first-order valence-corrected chi connectivity index (χ1v) is 4.02. The van der Waals surface area contributed by atoms with Gasteiger partial charge >= 0.3 is 0 Å². The number of nitrogen functional groups attached to an aromatic ring is 1. The third-order valence-electron chi connectivity index (χ3n) is 1.83. The van der Waals surface area contributed by atoms with E-state index in [0.717, 1.165) is 5.56 Å². The van der Waals surface area contributed by atoms with Crippen molar-refractivity contribution in [1.29, 1.82) is 5.26 Å². The molecular weight excluding hydrogens is 178 g/mol. The number of benzene rings is 1. The minimum absolute atomic E-state index is 0.351. The van der Waals surface area contributed by atoms with Crippen molar-refractivity contribution < 1.29 is 4.52 Å². The molecule has 0 bridgehead atoms. The second kappa shape index (κ2) is 3.23. The van der Waals surface area contributed by atoms with Gasteiger partial charge in [0.2, 0.25) is 0 Å². The van der Waals surface area contributed by atoms with Crippen LogP contribution < -0.4 is 5.73 Å². The molecule has 0 saturated carbocycles. The molecular formula is C10H7N3O. The third kappa shape index (κ3) is 1.43. The third-order valence-corrected chi connectivity index (χ3v) is 1.83.